The highest BCUT2D eigenvalue weighted by molar-refractivity contribution is 5.97. The van der Waals surface area contributed by atoms with Crippen LogP contribution in [0.25, 0.3) is 11.4 Å². The Morgan fingerprint density at radius 1 is 1.17 bits per heavy atom. The number of ether oxygens (including phenoxy) is 1. The number of nitrogens with one attached hydrogen (secondary N) is 1. The molecule has 0 fully saturated rings. The second kappa shape index (κ2) is 8.36. The van der Waals surface area contributed by atoms with Gasteiger partial charge in [0.25, 0.3) is 5.91 Å². The Hall–Kier alpha value is -3.68. The van der Waals surface area contributed by atoms with Crippen molar-refractivity contribution in [1.82, 2.24) is 15.5 Å². The number of anilines is 1. The highest BCUT2D eigenvalue weighted by Gasteiger charge is 2.33. The van der Waals surface area contributed by atoms with Gasteiger partial charge < -0.3 is 19.5 Å². The van der Waals surface area contributed by atoms with Crippen LogP contribution < -0.4 is 15.0 Å². The van der Waals surface area contributed by atoms with Gasteiger partial charge in [-0.05, 0) is 19.1 Å². The minimum absolute atomic E-state index is 0.144. The number of carbonyl (C=O) groups is 2. The van der Waals surface area contributed by atoms with Crippen molar-refractivity contribution in [2.24, 2.45) is 0 Å². The Balaban J connectivity index is 1.46. The molecule has 154 valence electrons. The molecule has 8 nitrogen and oxygen atoms in total. The first-order valence-electron chi connectivity index (χ1n) is 9.72. The molecule has 4 rings (SSSR count). The van der Waals surface area contributed by atoms with Crippen LogP contribution in [0.3, 0.4) is 0 Å². The second-order valence-electron chi connectivity index (χ2n) is 7.07. The quantitative estimate of drug-likeness (QED) is 0.699. The number of amides is 2. The summed E-state index contributed by atoms with van der Waals surface area (Å²) in [5.74, 6) is 0.971. The molecule has 2 amide bonds. The Morgan fingerprint density at radius 2 is 1.93 bits per heavy atom. The van der Waals surface area contributed by atoms with Crippen LogP contribution >= 0.6 is 0 Å². The molecule has 2 aromatic carbocycles. The SMILES string of the molecule is CNC(=O)[C@H]1CN(C(=O)CCc2nc(-c3ccc(C)cc3)no2)c2ccccc2O1. The van der Waals surface area contributed by atoms with Crippen LogP contribution in [0.15, 0.2) is 53.1 Å². The molecule has 3 aromatic rings. The molecule has 8 heteroatoms. The lowest BCUT2D eigenvalue weighted by atomic mass is 10.1. The summed E-state index contributed by atoms with van der Waals surface area (Å²) in [7, 11) is 1.54. The molecule has 0 unspecified atom stereocenters. The summed E-state index contributed by atoms with van der Waals surface area (Å²) >= 11 is 0. The Morgan fingerprint density at radius 3 is 2.70 bits per heavy atom. The number of aryl methyl sites for hydroxylation is 2. The van der Waals surface area contributed by atoms with Gasteiger partial charge in [-0.25, -0.2) is 0 Å². The highest BCUT2D eigenvalue weighted by atomic mass is 16.5. The zero-order valence-electron chi connectivity index (χ0n) is 16.8. The van der Waals surface area contributed by atoms with E-state index < -0.39 is 6.10 Å². The van der Waals surface area contributed by atoms with E-state index in [9.17, 15) is 9.59 Å². The Kier molecular flexibility index (Phi) is 5.47. The fraction of sp³-hybridized carbons (Fsp3) is 0.273. The Labute approximate surface area is 173 Å². The van der Waals surface area contributed by atoms with Gasteiger partial charge in [-0.15, -0.1) is 0 Å². The van der Waals surface area contributed by atoms with Gasteiger partial charge in [0.2, 0.25) is 17.6 Å². The van der Waals surface area contributed by atoms with Crippen molar-refractivity contribution in [3.05, 3.63) is 60.0 Å². The molecule has 1 aliphatic rings. The summed E-state index contributed by atoms with van der Waals surface area (Å²) in [5.41, 5.74) is 2.65. The van der Waals surface area contributed by atoms with Gasteiger partial charge in [-0.3, -0.25) is 9.59 Å². The highest BCUT2D eigenvalue weighted by Crippen LogP contribution is 2.33. The topological polar surface area (TPSA) is 97.6 Å². The zero-order valence-corrected chi connectivity index (χ0v) is 16.8. The van der Waals surface area contributed by atoms with Crippen LogP contribution in [-0.2, 0) is 16.0 Å². The average molecular weight is 406 g/mol. The van der Waals surface area contributed by atoms with Crippen LogP contribution in [0, 0.1) is 6.92 Å². The average Bonchev–Trinajstić information content (AvgIpc) is 3.25. The van der Waals surface area contributed by atoms with E-state index in [-0.39, 0.29) is 24.8 Å². The van der Waals surface area contributed by atoms with E-state index in [0.29, 0.717) is 29.6 Å². The van der Waals surface area contributed by atoms with Crippen molar-refractivity contribution in [3.63, 3.8) is 0 Å². The maximum Gasteiger partial charge on any atom is 0.262 e. The number of likely N-dealkylation sites (N-methyl/N-ethyl adjacent to an activating group) is 1. The fourth-order valence-corrected chi connectivity index (χ4v) is 3.29. The summed E-state index contributed by atoms with van der Waals surface area (Å²) in [6, 6.07) is 15.0. The van der Waals surface area contributed by atoms with E-state index in [2.05, 4.69) is 15.5 Å². The number of hydrogen-bond donors (Lipinski definition) is 1. The van der Waals surface area contributed by atoms with Gasteiger partial charge in [0.15, 0.2) is 6.10 Å². The molecule has 1 aliphatic heterocycles. The number of para-hydroxylation sites is 2. The normalized spacial score (nSPS) is 15.3. The minimum atomic E-state index is -0.759. The van der Waals surface area contributed by atoms with Crippen molar-refractivity contribution in [2.75, 3.05) is 18.5 Å². The molecule has 1 N–H and O–H groups in total. The van der Waals surface area contributed by atoms with Gasteiger partial charge in [-0.2, -0.15) is 4.98 Å². The number of aromatic nitrogens is 2. The molecule has 0 spiro atoms. The zero-order chi connectivity index (χ0) is 21.1. The number of nitrogens with zero attached hydrogens (tertiary/aromatic N) is 3. The third-order valence-electron chi connectivity index (χ3n) is 4.94. The van der Waals surface area contributed by atoms with E-state index in [1.807, 2.05) is 37.3 Å². The van der Waals surface area contributed by atoms with E-state index in [1.54, 1.807) is 30.1 Å². The van der Waals surface area contributed by atoms with Crippen molar-refractivity contribution in [3.8, 4) is 17.1 Å². The fourth-order valence-electron chi connectivity index (χ4n) is 3.29. The first-order chi connectivity index (χ1) is 14.5. The molecule has 0 saturated heterocycles. The number of carbonyl (C=O) groups excluding carboxylic acids is 2. The first-order valence-corrected chi connectivity index (χ1v) is 9.72. The summed E-state index contributed by atoms with van der Waals surface area (Å²) in [6.07, 6.45) is -0.281. The lowest BCUT2D eigenvalue weighted by molar-refractivity contribution is -0.127. The summed E-state index contributed by atoms with van der Waals surface area (Å²) in [4.78, 5) is 31.0. The van der Waals surface area contributed by atoms with Crippen molar-refractivity contribution >= 4 is 17.5 Å². The monoisotopic (exact) mass is 406 g/mol. The number of fused-ring (bicyclic) bond motifs is 1. The molecule has 30 heavy (non-hydrogen) atoms. The van der Waals surface area contributed by atoms with E-state index in [4.69, 9.17) is 9.26 Å². The van der Waals surface area contributed by atoms with Crippen LogP contribution in [0.4, 0.5) is 5.69 Å². The molecule has 2 heterocycles. The number of hydrogen-bond acceptors (Lipinski definition) is 6. The molecule has 1 atom stereocenters. The van der Waals surface area contributed by atoms with E-state index in [0.717, 1.165) is 11.1 Å². The summed E-state index contributed by atoms with van der Waals surface area (Å²) in [6.45, 7) is 2.16. The molecule has 0 aliphatic carbocycles. The maximum atomic E-state index is 13.0. The van der Waals surface area contributed by atoms with Crippen LogP contribution in [0.5, 0.6) is 5.75 Å². The van der Waals surface area contributed by atoms with Crippen molar-refractivity contribution < 1.29 is 18.8 Å². The van der Waals surface area contributed by atoms with Crippen molar-refractivity contribution in [1.29, 1.82) is 0 Å². The third-order valence-corrected chi connectivity index (χ3v) is 4.94. The van der Waals surface area contributed by atoms with Crippen molar-refractivity contribution in [2.45, 2.75) is 25.9 Å². The van der Waals surface area contributed by atoms with Crippen LogP contribution in [-0.4, -0.2) is 41.7 Å². The molecular weight excluding hydrogens is 384 g/mol. The van der Waals surface area contributed by atoms with Crippen LogP contribution in [0.1, 0.15) is 17.9 Å². The summed E-state index contributed by atoms with van der Waals surface area (Å²) < 4.78 is 11.1. The first kappa shape index (κ1) is 19.6. The van der Waals surface area contributed by atoms with E-state index in [1.165, 1.54) is 0 Å². The third kappa shape index (κ3) is 4.03. The van der Waals surface area contributed by atoms with Gasteiger partial charge >= 0.3 is 0 Å². The second-order valence-corrected chi connectivity index (χ2v) is 7.07. The largest absolute Gasteiger partial charge is 0.477 e. The lowest BCUT2D eigenvalue weighted by Crippen LogP contribution is -2.50. The molecule has 0 saturated carbocycles. The maximum absolute atomic E-state index is 13.0. The van der Waals surface area contributed by atoms with Gasteiger partial charge in [-0.1, -0.05) is 47.1 Å². The predicted molar refractivity (Wildman–Crippen MR) is 110 cm³/mol. The van der Waals surface area contributed by atoms with E-state index >= 15 is 0 Å². The molecule has 0 bridgehead atoms. The molecule has 0 radical (unpaired) electrons. The predicted octanol–water partition coefficient (Wildman–Crippen LogP) is 2.52. The minimum Gasteiger partial charge on any atom is -0.477 e. The van der Waals surface area contributed by atoms with Gasteiger partial charge in [0, 0.05) is 25.5 Å². The summed E-state index contributed by atoms with van der Waals surface area (Å²) in [5, 5.41) is 6.57. The number of benzene rings is 2. The number of rotatable bonds is 5. The van der Waals surface area contributed by atoms with Gasteiger partial charge in [0.05, 0.1) is 12.2 Å². The molecular formula is C22H22N4O4. The molecule has 1 aromatic heterocycles. The standard InChI is InChI=1S/C22H22N4O4/c1-14-7-9-15(10-8-14)21-24-19(30-25-21)11-12-20(27)26-13-18(22(28)23-2)29-17-6-4-3-5-16(17)26/h3-10,18H,11-13H2,1-2H3,(H,23,28)/t18-/m1/s1. The van der Waals surface area contributed by atoms with Crippen LogP contribution in [0.2, 0.25) is 0 Å². The Bertz CT molecular complexity index is 1060. The lowest BCUT2D eigenvalue weighted by Gasteiger charge is -2.34. The van der Waals surface area contributed by atoms with Gasteiger partial charge in [0.1, 0.15) is 5.75 Å². The smallest absolute Gasteiger partial charge is 0.262 e.